The summed E-state index contributed by atoms with van der Waals surface area (Å²) < 4.78 is 61.1. The Morgan fingerprint density at radius 2 is 0.465 bits per heavy atom. The molecule has 0 amide bonds. The van der Waals surface area contributed by atoms with E-state index >= 15 is 0 Å². The smallest absolute Gasteiger partial charge is 0.0704 e. The molecule has 2 rings (SSSR count). The van der Waals surface area contributed by atoms with Gasteiger partial charge in [-0.3, -0.25) is 0 Å². The molecule has 0 bridgehead atoms. The van der Waals surface area contributed by atoms with E-state index in [0.29, 0.717) is 144 Å². The van der Waals surface area contributed by atoms with Crippen LogP contribution in [0.5, 0.6) is 0 Å². The second-order valence-electron chi connectivity index (χ2n) is 10.2. The second-order valence-corrected chi connectivity index (χ2v) is 10.2. The molecule has 2 saturated heterocycles. The first-order valence-electron chi connectivity index (χ1n) is 16.3. The van der Waals surface area contributed by atoms with Crippen LogP contribution in [0, 0.1) is 0 Å². The van der Waals surface area contributed by atoms with Gasteiger partial charge in [0.05, 0.1) is 144 Å². The van der Waals surface area contributed by atoms with E-state index < -0.39 is 0 Å². The van der Waals surface area contributed by atoms with Crippen LogP contribution in [0.4, 0.5) is 0 Å². The van der Waals surface area contributed by atoms with Gasteiger partial charge in [0.2, 0.25) is 0 Å². The molecule has 13 nitrogen and oxygen atoms in total. The van der Waals surface area contributed by atoms with Gasteiger partial charge in [0.25, 0.3) is 0 Å². The van der Waals surface area contributed by atoms with E-state index in [2.05, 4.69) is 10.6 Å². The van der Waals surface area contributed by atoms with E-state index in [-0.39, 0.29) is 0 Å². The van der Waals surface area contributed by atoms with Crippen LogP contribution in [0.2, 0.25) is 0 Å². The zero-order chi connectivity index (χ0) is 30.1. The predicted octanol–water partition coefficient (Wildman–Crippen LogP) is 0.673. The Balaban J connectivity index is 1.12. The van der Waals surface area contributed by atoms with Crippen molar-refractivity contribution in [3.05, 3.63) is 0 Å². The molecule has 256 valence electrons. The van der Waals surface area contributed by atoms with E-state index in [1.165, 1.54) is 0 Å². The van der Waals surface area contributed by atoms with E-state index in [4.69, 9.17) is 52.1 Å². The summed E-state index contributed by atoms with van der Waals surface area (Å²) in [7, 11) is 0. The molecule has 0 radical (unpaired) electrons. The third kappa shape index (κ3) is 26.4. The van der Waals surface area contributed by atoms with Crippen molar-refractivity contribution in [2.24, 2.45) is 0 Å². The number of hydrogen-bond acceptors (Lipinski definition) is 13. The monoisotopic (exact) mass is 624 g/mol. The first-order chi connectivity index (χ1) is 21.4. The second kappa shape index (κ2) is 31.5. The fraction of sp³-hybridized carbons (Fsp3) is 1.00. The van der Waals surface area contributed by atoms with E-state index in [1.54, 1.807) is 0 Å². The van der Waals surface area contributed by atoms with Crippen molar-refractivity contribution in [3.8, 4) is 0 Å². The van der Waals surface area contributed by atoms with Gasteiger partial charge >= 0.3 is 0 Å². The highest BCUT2D eigenvalue weighted by Gasteiger charge is 2.13. The van der Waals surface area contributed by atoms with Gasteiger partial charge in [-0.1, -0.05) is 0 Å². The van der Waals surface area contributed by atoms with Crippen LogP contribution < -0.4 is 10.6 Å². The number of nitrogens with one attached hydrogen (secondary N) is 2. The lowest BCUT2D eigenvalue weighted by molar-refractivity contribution is -0.0340. The summed E-state index contributed by atoms with van der Waals surface area (Å²) in [6, 6.07) is 0. The van der Waals surface area contributed by atoms with Gasteiger partial charge in [-0.25, -0.2) is 0 Å². The highest BCUT2D eigenvalue weighted by Crippen LogP contribution is 2.07. The van der Waals surface area contributed by atoms with Crippen molar-refractivity contribution in [1.82, 2.24) is 10.6 Å². The summed E-state index contributed by atoms with van der Waals surface area (Å²) in [5.74, 6) is 0. The molecule has 0 aromatic carbocycles. The number of ether oxygens (including phenoxy) is 11. The van der Waals surface area contributed by atoms with Crippen molar-refractivity contribution >= 4 is 0 Å². The minimum Gasteiger partial charge on any atom is -0.377 e. The predicted molar refractivity (Wildman–Crippen MR) is 161 cm³/mol. The molecule has 2 heterocycles. The lowest BCUT2D eigenvalue weighted by Crippen LogP contribution is -2.33. The quantitative estimate of drug-likeness (QED) is 0.102. The maximum Gasteiger partial charge on any atom is 0.0704 e. The first-order valence-corrected chi connectivity index (χ1v) is 16.3. The molecule has 0 aromatic heterocycles. The van der Waals surface area contributed by atoms with Crippen LogP contribution in [0.15, 0.2) is 0 Å². The average molecular weight is 625 g/mol. The molecule has 0 unspecified atom stereocenters. The van der Waals surface area contributed by atoms with Crippen molar-refractivity contribution in [2.45, 2.75) is 37.9 Å². The molecule has 2 fully saturated rings. The lowest BCUT2D eigenvalue weighted by Gasteiger charge is -2.22. The lowest BCUT2D eigenvalue weighted by atomic mass is 10.1. The van der Waals surface area contributed by atoms with Crippen LogP contribution in [0.1, 0.15) is 25.7 Å². The summed E-state index contributed by atoms with van der Waals surface area (Å²) in [5.41, 5.74) is 0. The zero-order valence-electron chi connectivity index (χ0n) is 26.4. The summed E-state index contributed by atoms with van der Waals surface area (Å²) in [6.45, 7) is 15.3. The standard InChI is InChI=1S/C30H60N2O11/c1-5-31-6-2-29(1)42-27-25-40-23-21-38-19-17-36-15-13-34-11-9-33-10-12-35-14-16-37-18-20-39-22-24-41-26-28-43-30-3-7-32-8-4-30/h29-32H,1-28H2. The van der Waals surface area contributed by atoms with Gasteiger partial charge in [-0.05, 0) is 51.9 Å². The van der Waals surface area contributed by atoms with Gasteiger partial charge in [0, 0.05) is 0 Å². The zero-order valence-corrected chi connectivity index (χ0v) is 26.4. The highest BCUT2D eigenvalue weighted by atomic mass is 16.6. The fourth-order valence-corrected chi connectivity index (χ4v) is 4.33. The van der Waals surface area contributed by atoms with Crippen molar-refractivity contribution in [3.63, 3.8) is 0 Å². The maximum absolute atomic E-state index is 5.79. The first kappa shape index (κ1) is 38.7. The Labute approximate surface area is 259 Å². The molecule has 0 aromatic rings. The summed E-state index contributed by atoms with van der Waals surface area (Å²) in [5, 5.41) is 6.66. The molecule has 0 aliphatic carbocycles. The van der Waals surface area contributed by atoms with Crippen LogP contribution in [-0.4, -0.2) is 171 Å². The molecular weight excluding hydrogens is 564 g/mol. The van der Waals surface area contributed by atoms with Crippen molar-refractivity contribution < 1.29 is 52.1 Å². The van der Waals surface area contributed by atoms with Crippen LogP contribution in [-0.2, 0) is 52.1 Å². The van der Waals surface area contributed by atoms with Crippen molar-refractivity contribution in [2.75, 3.05) is 158 Å². The molecule has 13 heteroatoms. The largest absolute Gasteiger partial charge is 0.377 e. The molecule has 0 saturated carbocycles. The summed E-state index contributed by atoms with van der Waals surface area (Å²) >= 11 is 0. The van der Waals surface area contributed by atoms with E-state index in [1.807, 2.05) is 0 Å². The van der Waals surface area contributed by atoms with Crippen molar-refractivity contribution in [1.29, 1.82) is 0 Å². The molecule has 0 atom stereocenters. The Morgan fingerprint density at radius 1 is 0.279 bits per heavy atom. The SMILES string of the molecule is C1CC(OCCOCCOCCOCCOCCOCCOCCOCCOCCOCCOC2CCNCC2)CCN1. The molecule has 0 spiro atoms. The third-order valence-electron chi connectivity index (χ3n) is 6.71. The Kier molecular flexibility index (Phi) is 28.3. The normalized spacial score (nSPS) is 16.7. The number of rotatable bonds is 32. The fourth-order valence-electron chi connectivity index (χ4n) is 4.33. The van der Waals surface area contributed by atoms with Crippen LogP contribution in [0.25, 0.3) is 0 Å². The van der Waals surface area contributed by atoms with Gasteiger partial charge in [0.15, 0.2) is 0 Å². The Bertz CT molecular complexity index is 510. The van der Waals surface area contributed by atoms with Gasteiger partial charge < -0.3 is 62.7 Å². The topological polar surface area (TPSA) is 126 Å². The molecule has 43 heavy (non-hydrogen) atoms. The highest BCUT2D eigenvalue weighted by molar-refractivity contribution is 4.68. The van der Waals surface area contributed by atoms with E-state index in [9.17, 15) is 0 Å². The molecular formula is C30H60N2O11. The van der Waals surface area contributed by atoms with E-state index in [0.717, 1.165) is 51.9 Å². The Morgan fingerprint density at radius 3 is 0.674 bits per heavy atom. The van der Waals surface area contributed by atoms with Crippen LogP contribution >= 0.6 is 0 Å². The number of piperidine rings is 2. The maximum atomic E-state index is 5.79. The number of hydrogen-bond donors (Lipinski definition) is 2. The minimum absolute atomic E-state index is 0.375. The average Bonchev–Trinajstić information content (AvgIpc) is 3.04. The molecule has 2 N–H and O–H groups in total. The van der Waals surface area contributed by atoms with Gasteiger partial charge in [-0.15, -0.1) is 0 Å². The minimum atomic E-state index is 0.375. The third-order valence-corrected chi connectivity index (χ3v) is 6.71. The molecule has 2 aliphatic rings. The van der Waals surface area contributed by atoms with Gasteiger partial charge in [0.1, 0.15) is 0 Å². The summed E-state index contributed by atoms with van der Waals surface area (Å²) in [6.07, 6.45) is 5.09. The summed E-state index contributed by atoms with van der Waals surface area (Å²) in [4.78, 5) is 0. The van der Waals surface area contributed by atoms with Crippen LogP contribution in [0.3, 0.4) is 0 Å². The Hall–Kier alpha value is -0.520. The molecule has 2 aliphatic heterocycles. The van der Waals surface area contributed by atoms with Gasteiger partial charge in [-0.2, -0.15) is 0 Å².